The molecular formula is C24H25N3O8S. The Hall–Kier alpha value is -4.55. The van der Waals surface area contributed by atoms with Crippen molar-refractivity contribution in [3.8, 4) is 0 Å². The fourth-order valence-electron chi connectivity index (χ4n) is 2.49. The summed E-state index contributed by atoms with van der Waals surface area (Å²) in [7, 11) is 0. The minimum absolute atomic E-state index is 0.448. The molecule has 0 amide bonds. The van der Waals surface area contributed by atoms with Crippen LogP contribution in [0, 0.1) is 5.41 Å². The number of hydrogen-bond donors (Lipinski definition) is 7. The summed E-state index contributed by atoms with van der Waals surface area (Å²) >= 11 is 1.57. The van der Waals surface area contributed by atoms with Crippen molar-refractivity contribution in [2.75, 3.05) is 11.9 Å². The van der Waals surface area contributed by atoms with Crippen molar-refractivity contribution in [2.45, 2.75) is 13.0 Å². The lowest BCUT2D eigenvalue weighted by Gasteiger charge is -2.09. The van der Waals surface area contributed by atoms with E-state index in [9.17, 15) is 0 Å². The van der Waals surface area contributed by atoms with Crippen LogP contribution in [-0.2, 0) is 32.1 Å². The average molecular weight is 516 g/mol. The first-order chi connectivity index (χ1) is 17.1. The van der Waals surface area contributed by atoms with Crippen LogP contribution in [0.1, 0.15) is 16.0 Å². The molecule has 2 aromatic carbocycles. The predicted octanol–water partition coefficient (Wildman–Crippen LogP) is 2.83. The van der Waals surface area contributed by atoms with Gasteiger partial charge in [0.05, 0.1) is 4.88 Å². The second-order valence-corrected chi connectivity index (χ2v) is 7.76. The number of thiophene rings is 1. The highest BCUT2D eigenvalue weighted by molar-refractivity contribution is 7.12. The van der Waals surface area contributed by atoms with E-state index in [1.165, 1.54) is 11.1 Å². The quantitative estimate of drug-likeness (QED) is 0.106. The van der Waals surface area contributed by atoms with Gasteiger partial charge in [-0.15, -0.1) is 11.3 Å². The second kappa shape index (κ2) is 16.1. The van der Waals surface area contributed by atoms with Gasteiger partial charge in [0.15, 0.2) is 0 Å². The summed E-state index contributed by atoms with van der Waals surface area (Å²) in [5.41, 5.74) is 3.53. The fourth-order valence-corrected chi connectivity index (χ4v) is 3.12. The molecule has 1 aromatic heterocycles. The third kappa shape index (κ3) is 12.6. The molecule has 12 heteroatoms. The van der Waals surface area contributed by atoms with E-state index in [0.717, 1.165) is 30.1 Å². The minimum Gasteiger partial charge on any atom is -0.473 e. The van der Waals surface area contributed by atoms with Crippen molar-refractivity contribution in [1.82, 2.24) is 5.32 Å². The van der Waals surface area contributed by atoms with Gasteiger partial charge < -0.3 is 31.1 Å². The molecule has 0 aliphatic rings. The van der Waals surface area contributed by atoms with Crippen LogP contribution in [0.15, 0.2) is 72.1 Å². The van der Waals surface area contributed by atoms with Crippen LogP contribution in [0.25, 0.3) is 0 Å². The molecule has 0 aliphatic heterocycles. The molecule has 0 radical (unpaired) electrons. The van der Waals surface area contributed by atoms with Crippen molar-refractivity contribution >= 4 is 46.7 Å². The van der Waals surface area contributed by atoms with Gasteiger partial charge in [-0.25, -0.2) is 19.2 Å². The lowest BCUT2D eigenvalue weighted by Crippen LogP contribution is -2.16. The zero-order chi connectivity index (χ0) is 26.9. The molecule has 0 unspecified atom stereocenters. The molecule has 0 saturated carbocycles. The van der Waals surface area contributed by atoms with E-state index < -0.39 is 23.9 Å². The third-order valence-corrected chi connectivity index (χ3v) is 4.98. The highest BCUT2D eigenvalue weighted by atomic mass is 32.1. The smallest absolute Gasteiger partial charge is 0.414 e. The van der Waals surface area contributed by atoms with Gasteiger partial charge >= 0.3 is 23.9 Å². The maximum Gasteiger partial charge on any atom is 0.414 e. The van der Waals surface area contributed by atoms with Gasteiger partial charge in [-0.05, 0) is 47.7 Å². The van der Waals surface area contributed by atoms with Crippen LogP contribution in [0.3, 0.4) is 0 Å². The molecule has 190 valence electrons. The Labute approximate surface area is 210 Å². The van der Waals surface area contributed by atoms with Gasteiger partial charge in [-0.3, -0.25) is 5.41 Å². The summed E-state index contributed by atoms with van der Waals surface area (Å²) in [5.74, 6) is -6.85. The normalized spacial score (nSPS) is 9.44. The average Bonchev–Trinajstić information content (AvgIpc) is 3.39. The summed E-state index contributed by atoms with van der Waals surface area (Å²) < 4.78 is 0. The van der Waals surface area contributed by atoms with Crippen LogP contribution in [0.4, 0.5) is 5.69 Å². The topological polar surface area (TPSA) is 197 Å². The van der Waals surface area contributed by atoms with E-state index in [1.54, 1.807) is 11.3 Å². The first-order valence-electron chi connectivity index (χ1n) is 10.3. The van der Waals surface area contributed by atoms with E-state index in [-0.39, 0.29) is 0 Å². The molecule has 36 heavy (non-hydrogen) atoms. The number of aliphatic carboxylic acids is 4. The monoisotopic (exact) mass is 515 g/mol. The molecule has 1 heterocycles. The zero-order valence-corrected chi connectivity index (χ0v) is 19.7. The molecular weight excluding hydrogens is 490 g/mol. The molecule has 3 rings (SSSR count). The lowest BCUT2D eigenvalue weighted by atomic mass is 10.1. The first-order valence-corrected chi connectivity index (χ1v) is 11.1. The predicted molar refractivity (Wildman–Crippen MR) is 134 cm³/mol. The molecule has 0 aliphatic carbocycles. The number of carboxylic acids is 4. The number of carbonyl (C=O) groups is 4. The Balaban J connectivity index is 0.000000450. The Morgan fingerprint density at radius 1 is 0.750 bits per heavy atom. The van der Waals surface area contributed by atoms with Gasteiger partial charge in [0, 0.05) is 12.2 Å². The number of nitrogens with one attached hydrogen (secondary N) is 3. The summed E-state index contributed by atoms with van der Waals surface area (Å²) in [6.07, 6.45) is 0.967. The molecule has 11 nitrogen and oxygen atoms in total. The van der Waals surface area contributed by atoms with Crippen molar-refractivity contribution in [3.05, 3.63) is 88.1 Å². The van der Waals surface area contributed by atoms with Crippen LogP contribution < -0.4 is 10.6 Å². The number of hydrogen-bond acceptors (Lipinski definition) is 7. The number of anilines is 1. The number of rotatable bonds is 7. The van der Waals surface area contributed by atoms with Gasteiger partial charge in [-0.1, -0.05) is 48.5 Å². The highest BCUT2D eigenvalue weighted by Gasteiger charge is 2.05. The molecule has 7 N–H and O–H groups in total. The minimum atomic E-state index is -1.82. The zero-order valence-electron chi connectivity index (χ0n) is 18.9. The molecule has 0 spiro atoms. The van der Waals surface area contributed by atoms with E-state index >= 15 is 0 Å². The van der Waals surface area contributed by atoms with Crippen LogP contribution in [-0.4, -0.2) is 56.7 Å². The molecule has 0 saturated heterocycles. The third-order valence-electron chi connectivity index (χ3n) is 4.09. The van der Waals surface area contributed by atoms with Gasteiger partial charge in [0.1, 0.15) is 5.84 Å². The van der Waals surface area contributed by atoms with E-state index in [0.29, 0.717) is 5.84 Å². The van der Waals surface area contributed by atoms with E-state index in [4.69, 9.17) is 45.0 Å². The summed E-state index contributed by atoms with van der Waals surface area (Å²) in [6.45, 7) is 1.82. The Morgan fingerprint density at radius 3 is 1.86 bits per heavy atom. The largest absolute Gasteiger partial charge is 0.473 e. The van der Waals surface area contributed by atoms with Crippen LogP contribution >= 0.6 is 11.3 Å². The fraction of sp³-hybridized carbons (Fsp3) is 0.125. The summed E-state index contributed by atoms with van der Waals surface area (Å²) in [6, 6.07) is 22.6. The van der Waals surface area contributed by atoms with Gasteiger partial charge in [-0.2, -0.15) is 0 Å². The maximum atomic E-state index is 9.10. The summed E-state index contributed by atoms with van der Waals surface area (Å²) in [4.78, 5) is 37.3. The van der Waals surface area contributed by atoms with Crippen molar-refractivity contribution in [3.63, 3.8) is 0 Å². The SMILES string of the molecule is N=C(Nc1cccc(CCNCc2ccccc2)c1)c1cccs1.O=C(O)C(=O)O.O=C(O)C(=O)O. The Kier molecular flexibility index (Phi) is 13.2. The van der Waals surface area contributed by atoms with Gasteiger partial charge in [0.2, 0.25) is 0 Å². The highest BCUT2D eigenvalue weighted by Crippen LogP contribution is 2.15. The summed E-state index contributed by atoms with van der Waals surface area (Å²) in [5, 5.41) is 46.3. The Morgan fingerprint density at radius 2 is 1.33 bits per heavy atom. The number of carboxylic acid groups (broad SMARTS) is 4. The molecule has 0 fully saturated rings. The van der Waals surface area contributed by atoms with E-state index in [1.807, 2.05) is 35.7 Å². The molecule has 0 atom stereocenters. The maximum absolute atomic E-state index is 9.10. The molecule has 3 aromatic rings. The van der Waals surface area contributed by atoms with E-state index in [2.05, 4.69) is 47.0 Å². The van der Waals surface area contributed by atoms with Crippen LogP contribution in [0.2, 0.25) is 0 Å². The number of amidine groups is 1. The van der Waals surface area contributed by atoms with Crippen molar-refractivity contribution in [1.29, 1.82) is 5.41 Å². The second-order valence-electron chi connectivity index (χ2n) is 6.81. The van der Waals surface area contributed by atoms with Crippen LogP contribution in [0.5, 0.6) is 0 Å². The lowest BCUT2D eigenvalue weighted by molar-refractivity contribution is -0.159. The first kappa shape index (κ1) is 29.5. The Bertz CT molecular complexity index is 1100. The van der Waals surface area contributed by atoms with Crippen molar-refractivity contribution < 1.29 is 39.6 Å². The van der Waals surface area contributed by atoms with Gasteiger partial charge in [0.25, 0.3) is 0 Å². The molecule has 0 bridgehead atoms. The standard InChI is InChI=1S/C20H21N3S.2C2H2O4/c21-20(19-10-5-13-24-19)23-18-9-4-8-16(14-18)11-12-22-15-17-6-2-1-3-7-17;2*3-1(4)2(5)6/h1-10,13-14,22H,11-12,15H2,(H2,21,23);2*(H,3,4)(H,5,6). The van der Waals surface area contributed by atoms with Crippen molar-refractivity contribution in [2.24, 2.45) is 0 Å². The number of benzene rings is 2.